The van der Waals surface area contributed by atoms with Crippen LogP contribution < -0.4 is 4.90 Å². The number of anilines is 1. The number of amides is 1. The van der Waals surface area contributed by atoms with Crippen LogP contribution in [0.1, 0.15) is 10.4 Å². The van der Waals surface area contributed by atoms with Crippen LogP contribution in [0.5, 0.6) is 5.75 Å². The largest absolute Gasteiger partial charge is 0.506 e. The minimum absolute atomic E-state index is 0.154. The fraction of sp³-hybridized carbons (Fsp3) is 0.0714. The quantitative estimate of drug-likeness (QED) is 0.695. The number of nitrogens with zero attached hydrogens (tertiary/aromatic N) is 2. The monoisotopic (exact) mass is 290 g/mol. The van der Waals surface area contributed by atoms with Crippen molar-refractivity contribution in [1.29, 1.82) is 0 Å². The molecule has 0 unspecified atom stereocenters. The maximum Gasteiger partial charge on any atom is 0.270 e. The molecule has 2 rings (SSSR count). The molecule has 0 aliphatic rings. The number of nitro groups is 1. The maximum absolute atomic E-state index is 13.7. The Morgan fingerprint density at radius 2 is 1.95 bits per heavy atom. The average Bonchev–Trinajstić information content (AvgIpc) is 2.46. The van der Waals surface area contributed by atoms with Crippen molar-refractivity contribution in [3.8, 4) is 5.75 Å². The van der Waals surface area contributed by atoms with Crippen LogP contribution in [0, 0.1) is 15.9 Å². The van der Waals surface area contributed by atoms with Gasteiger partial charge in [0.15, 0.2) is 0 Å². The molecule has 0 aromatic heterocycles. The van der Waals surface area contributed by atoms with Gasteiger partial charge in [0.2, 0.25) is 0 Å². The Morgan fingerprint density at radius 3 is 2.57 bits per heavy atom. The molecule has 0 radical (unpaired) electrons. The number of carbonyl (C=O) groups is 1. The van der Waals surface area contributed by atoms with Gasteiger partial charge in [0, 0.05) is 19.2 Å². The molecule has 0 heterocycles. The zero-order chi connectivity index (χ0) is 15.6. The molecule has 2 aromatic rings. The molecule has 1 N–H and O–H groups in total. The lowest BCUT2D eigenvalue weighted by Crippen LogP contribution is -2.27. The molecule has 6 nitrogen and oxygen atoms in total. The highest BCUT2D eigenvalue weighted by atomic mass is 19.1. The van der Waals surface area contributed by atoms with Crippen molar-refractivity contribution in [3.63, 3.8) is 0 Å². The van der Waals surface area contributed by atoms with E-state index in [1.807, 2.05) is 0 Å². The second kappa shape index (κ2) is 5.58. The van der Waals surface area contributed by atoms with Crippen LogP contribution in [0.4, 0.5) is 15.8 Å². The van der Waals surface area contributed by atoms with E-state index in [-0.39, 0.29) is 17.1 Å². The van der Waals surface area contributed by atoms with Gasteiger partial charge in [0.1, 0.15) is 11.6 Å². The van der Waals surface area contributed by atoms with E-state index < -0.39 is 22.2 Å². The van der Waals surface area contributed by atoms with Gasteiger partial charge in [-0.05, 0) is 18.2 Å². The number of halogens is 1. The van der Waals surface area contributed by atoms with E-state index in [9.17, 15) is 24.4 Å². The van der Waals surface area contributed by atoms with Gasteiger partial charge in [0.25, 0.3) is 11.6 Å². The normalized spacial score (nSPS) is 10.2. The number of hydrogen-bond acceptors (Lipinski definition) is 4. The lowest BCUT2D eigenvalue weighted by molar-refractivity contribution is -0.384. The van der Waals surface area contributed by atoms with Gasteiger partial charge < -0.3 is 10.0 Å². The number of phenolic OH excluding ortho intramolecular Hbond substituents is 1. The molecule has 0 spiro atoms. The van der Waals surface area contributed by atoms with E-state index in [4.69, 9.17) is 0 Å². The second-order valence-electron chi connectivity index (χ2n) is 4.27. The Labute approximate surface area is 119 Å². The number of carbonyl (C=O) groups excluding carboxylic acids is 1. The topological polar surface area (TPSA) is 83.7 Å². The summed E-state index contributed by atoms with van der Waals surface area (Å²) in [4.78, 5) is 23.3. The summed E-state index contributed by atoms with van der Waals surface area (Å²) in [5.41, 5.74) is -0.645. The molecular weight excluding hydrogens is 279 g/mol. The molecule has 0 aliphatic heterocycles. The summed E-state index contributed by atoms with van der Waals surface area (Å²) < 4.78 is 13.7. The summed E-state index contributed by atoms with van der Waals surface area (Å²) in [6.07, 6.45) is 0. The Morgan fingerprint density at radius 1 is 1.29 bits per heavy atom. The number of benzene rings is 2. The SMILES string of the molecule is CN(C(=O)c1cc([N+](=O)[O-])ccc1F)c1ccccc1O. The number of nitro benzene ring substituents is 1. The van der Waals surface area contributed by atoms with Gasteiger partial charge >= 0.3 is 0 Å². The fourth-order valence-corrected chi connectivity index (χ4v) is 1.83. The van der Waals surface area contributed by atoms with Crippen LogP contribution in [-0.4, -0.2) is 23.0 Å². The van der Waals surface area contributed by atoms with E-state index in [0.29, 0.717) is 0 Å². The van der Waals surface area contributed by atoms with Crippen LogP contribution in [0.2, 0.25) is 0 Å². The molecule has 1 amide bonds. The van der Waals surface area contributed by atoms with E-state index in [1.165, 1.54) is 19.2 Å². The van der Waals surface area contributed by atoms with Crippen molar-refractivity contribution in [2.45, 2.75) is 0 Å². The minimum atomic E-state index is -0.868. The van der Waals surface area contributed by atoms with Crippen molar-refractivity contribution < 1.29 is 19.2 Å². The van der Waals surface area contributed by atoms with E-state index in [2.05, 4.69) is 0 Å². The van der Waals surface area contributed by atoms with Gasteiger partial charge in [-0.1, -0.05) is 12.1 Å². The van der Waals surface area contributed by atoms with Crippen molar-refractivity contribution >= 4 is 17.3 Å². The molecule has 0 aliphatic carbocycles. The maximum atomic E-state index is 13.7. The molecule has 0 saturated heterocycles. The van der Waals surface area contributed by atoms with Crippen molar-refractivity contribution in [2.75, 3.05) is 11.9 Å². The summed E-state index contributed by atoms with van der Waals surface area (Å²) in [6.45, 7) is 0. The third-order valence-electron chi connectivity index (χ3n) is 2.94. The Hall–Kier alpha value is -2.96. The first kappa shape index (κ1) is 14.4. The first-order chi connectivity index (χ1) is 9.91. The molecule has 0 fully saturated rings. The summed E-state index contributed by atoms with van der Waals surface area (Å²) in [7, 11) is 1.34. The number of hydrogen-bond donors (Lipinski definition) is 1. The van der Waals surface area contributed by atoms with Crippen LogP contribution in [0.3, 0.4) is 0 Å². The molecule has 2 aromatic carbocycles. The number of rotatable bonds is 3. The van der Waals surface area contributed by atoms with Gasteiger partial charge in [0.05, 0.1) is 16.2 Å². The highest BCUT2D eigenvalue weighted by molar-refractivity contribution is 6.07. The molecule has 0 atom stereocenters. The summed E-state index contributed by atoms with van der Waals surface area (Å²) in [6, 6.07) is 8.74. The predicted octanol–water partition coefficient (Wildman–Crippen LogP) is 2.72. The van der Waals surface area contributed by atoms with Crippen LogP contribution in [0.25, 0.3) is 0 Å². The van der Waals surface area contributed by atoms with Gasteiger partial charge in [-0.25, -0.2) is 4.39 Å². The van der Waals surface area contributed by atoms with Gasteiger partial charge in [-0.3, -0.25) is 14.9 Å². The lowest BCUT2D eigenvalue weighted by Gasteiger charge is -2.18. The Kier molecular flexibility index (Phi) is 3.84. The Balaban J connectivity index is 2.42. The standard InChI is InChI=1S/C14H11FN2O4/c1-16(12-4-2-3-5-13(12)18)14(19)10-8-9(17(20)21)6-7-11(10)15/h2-8,18H,1H3. The third-order valence-corrected chi connectivity index (χ3v) is 2.94. The number of phenols is 1. The lowest BCUT2D eigenvalue weighted by atomic mass is 10.1. The van der Waals surface area contributed by atoms with Crippen LogP contribution >= 0.6 is 0 Å². The van der Waals surface area contributed by atoms with Gasteiger partial charge in [-0.2, -0.15) is 0 Å². The third kappa shape index (κ3) is 2.81. The zero-order valence-electron chi connectivity index (χ0n) is 11.0. The van der Waals surface area contributed by atoms with Crippen LogP contribution in [-0.2, 0) is 0 Å². The molecule has 21 heavy (non-hydrogen) atoms. The smallest absolute Gasteiger partial charge is 0.270 e. The van der Waals surface area contributed by atoms with Crippen molar-refractivity contribution in [2.24, 2.45) is 0 Å². The first-order valence-electron chi connectivity index (χ1n) is 5.92. The number of non-ortho nitro benzene ring substituents is 1. The Bertz CT molecular complexity index is 718. The number of para-hydroxylation sites is 2. The molecule has 0 bridgehead atoms. The molecule has 7 heteroatoms. The van der Waals surface area contributed by atoms with Crippen molar-refractivity contribution in [1.82, 2.24) is 0 Å². The summed E-state index contributed by atoms with van der Waals surface area (Å²) >= 11 is 0. The molecule has 0 saturated carbocycles. The van der Waals surface area contributed by atoms with E-state index >= 15 is 0 Å². The van der Waals surface area contributed by atoms with E-state index in [0.717, 1.165) is 23.1 Å². The number of aromatic hydroxyl groups is 1. The zero-order valence-corrected chi connectivity index (χ0v) is 11.0. The minimum Gasteiger partial charge on any atom is -0.506 e. The van der Waals surface area contributed by atoms with Crippen molar-refractivity contribution in [3.05, 3.63) is 64.0 Å². The average molecular weight is 290 g/mol. The summed E-state index contributed by atoms with van der Waals surface area (Å²) in [5.74, 6) is -1.82. The molecular formula is C14H11FN2O4. The highest BCUT2D eigenvalue weighted by Gasteiger charge is 2.22. The fourth-order valence-electron chi connectivity index (χ4n) is 1.83. The highest BCUT2D eigenvalue weighted by Crippen LogP contribution is 2.27. The first-order valence-corrected chi connectivity index (χ1v) is 5.92. The van der Waals surface area contributed by atoms with Crippen LogP contribution in [0.15, 0.2) is 42.5 Å². The second-order valence-corrected chi connectivity index (χ2v) is 4.27. The summed E-state index contributed by atoms with van der Waals surface area (Å²) in [5, 5.41) is 20.4. The van der Waals surface area contributed by atoms with Gasteiger partial charge in [-0.15, -0.1) is 0 Å². The van der Waals surface area contributed by atoms with E-state index in [1.54, 1.807) is 12.1 Å². The predicted molar refractivity (Wildman–Crippen MR) is 73.9 cm³/mol. The molecule has 108 valence electrons.